The summed E-state index contributed by atoms with van der Waals surface area (Å²) in [6.07, 6.45) is 0. The van der Waals surface area contributed by atoms with Gasteiger partial charge in [-0.2, -0.15) is 4.68 Å². The summed E-state index contributed by atoms with van der Waals surface area (Å²) in [7, 11) is 0. The largest absolute Gasteiger partial charge is 0.508 e. The minimum atomic E-state index is 0.210. The van der Waals surface area contributed by atoms with Crippen LogP contribution >= 0.6 is 11.8 Å². The van der Waals surface area contributed by atoms with Gasteiger partial charge in [0.1, 0.15) is 11.5 Å². The number of phenols is 1. The third kappa shape index (κ3) is 3.56. The van der Waals surface area contributed by atoms with Crippen LogP contribution in [0, 0.1) is 0 Å². The first-order valence-electron chi connectivity index (χ1n) is 6.71. The molecule has 1 N–H and O–H groups in total. The third-order valence-electron chi connectivity index (χ3n) is 2.86. The highest BCUT2D eigenvalue weighted by molar-refractivity contribution is 7.99. The van der Waals surface area contributed by atoms with E-state index in [9.17, 15) is 5.11 Å². The predicted molar refractivity (Wildman–Crippen MR) is 83.5 cm³/mol. The lowest BCUT2D eigenvalue weighted by atomic mass is 10.3. The lowest BCUT2D eigenvalue weighted by Crippen LogP contribution is -2.03. The summed E-state index contributed by atoms with van der Waals surface area (Å²) in [4.78, 5) is 0. The van der Waals surface area contributed by atoms with Crippen LogP contribution in [0.3, 0.4) is 0 Å². The van der Waals surface area contributed by atoms with Crippen LogP contribution in [-0.2, 0) is 0 Å². The van der Waals surface area contributed by atoms with E-state index < -0.39 is 0 Å². The Balaban J connectivity index is 1.57. The van der Waals surface area contributed by atoms with E-state index >= 15 is 0 Å². The van der Waals surface area contributed by atoms with Crippen molar-refractivity contribution < 1.29 is 9.84 Å². The first kappa shape index (κ1) is 14.4. The summed E-state index contributed by atoms with van der Waals surface area (Å²) in [5.41, 5.74) is 0.800. The van der Waals surface area contributed by atoms with Crippen LogP contribution in [0.15, 0.2) is 59.8 Å². The zero-order chi connectivity index (χ0) is 15.2. The van der Waals surface area contributed by atoms with E-state index in [0.29, 0.717) is 11.8 Å². The van der Waals surface area contributed by atoms with Gasteiger partial charge in [0.15, 0.2) is 0 Å². The SMILES string of the molecule is Oc1ccc(-n2nnnc2SCCOc2ccccc2)cc1. The topological polar surface area (TPSA) is 73.1 Å². The molecule has 0 bridgehead atoms. The molecule has 3 rings (SSSR count). The van der Waals surface area contributed by atoms with Crippen molar-refractivity contribution in [3.8, 4) is 17.2 Å². The molecule has 0 saturated carbocycles. The van der Waals surface area contributed by atoms with Crippen LogP contribution in [0.25, 0.3) is 5.69 Å². The molecule has 0 spiro atoms. The van der Waals surface area contributed by atoms with Crippen molar-refractivity contribution in [1.29, 1.82) is 0 Å². The molecule has 3 aromatic rings. The number of benzene rings is 2. The van der Waals surface area contributed by atoms with Gasteiger partial charge in [-0.15, -0.1) is 5.10 Å². The Morgan fingerprint density at radius 2 is 1.82 bits per heavy atom. The van der Waals surface area contributed by atoms with Crippen LogP contribution < -0.4 is 4.74 Å². The Morgan fingerprint density at radius 1 is 1.05 bits per heavy atom. The van der Waals surface area contributed by atoms with E-state index in [1.165, 1.54) is 11.8 Å². The minimum absolute atomic E-state index is 0.210. The van der Waals surface area contributed by atoms with Crippen molar-refractivity contribution in [2.24, 2.45) is 0 Å². The molecule has 0 saturated heterocycles. The van der Waals surface area contributed by atoms with E-state index in [0.717, 1.165) is 17.2 Å². The van der Waals surface area contributed by atoms with Crippen molar-refractivity contribution in [3.63, 3.8) is 0 Å². The van der Waals surface area contributed by atoms with Gasteiger partial charge in [-0.3, -0.25) is 0 Å². The molecule has 0 aliphatic carbocycles. The minimum Gasteiger partial charge on any atom is -0.508 e. The molecule has 0 atom stereocenters. The molecular formula is C15H14N4O2S. The fraction of sp³-hybridized carbons (Fsp3) is 0.133. The molecule has 1 aromatic heterocycles. The van der Waals surface area contributed by atoms with E-state index in [2.05, 4.69) is 15.5 Å². The Kier molecular flexibility index (Phi) is 4.55. The fourth-order valence-corrected chi connectivity index (χ4v) is 2.54. The number of hydrogen-bond donors (Lipinski definition) is 1. The van der Waals surface area contributed by atoms with E-state index in [1.54, 1.807) is 28.9 Å². The molecule has 1 heterocycles. The standard InChI is InChI=1S/C15H14N4O2S/c20-13-8-6-12(7-9-13)19-15(16-17-18-19)22-11-10-21-14-4-2-1-3-5-14/h1-9,20H,10-11H2. The van der Waals surface area contributed by atoms with Crippen LogP contribution in [0.4, 0.5) is 0 Å². The highest BCUT2D eigenvalue weighted by Crippen LogP contribution is 2.20. The molecule has 112 valence electrons. The number of ether oxygens (including phenoxy) is 1. The average molecular weight is 314 g/mol. The average Bonchev–Trinajstić information content (AvgIpc) is 3.02. The number of hydrogen-bond acceptors (Lipinski definition) is 6. The van der Waals surface area contributed by atoms with Gasteiger partial charge in [0.2, 0.25) is 5.16 Å². The van der Waals surface area contributed by atoms with Gasteiger partial charge in [-0.1, -0.05) is 30.0 Å². The third-order valence-corrected chi connectivity index (χ3v) is 3.75. The summed E-state index contributed by atoms with van der Waals surface area (Å²) in [6.45, 7) is 0.567. The van der Waals surface area contributed by atoms with Gasteiger partial charge < -0.3 is 9.84 Å². The molecule has 2 aromatic carbocycles. The molecular weight excluding hydrogens is 300 g/mol. The molecule has 7 heteroatoms. The summed E-state index contributed by atoms with van der Waals surface area (Å²) >= 11 is 1.51. The Labute approximate surface area is 131 Å². The highest BCUT2D eigenvalue weighted by atomic mass is 32.2. The maximum atomic E-state index is 9.32. The summed E-state index contributed by atoms with van der Waals surface area (Å²) < 4.78 is 7.27. The number of nitrogens with zero attached hydrogens (tertiary/aromatic N) is 4. The monoisotopic (exact) mass is 314 g/mol. The van der Waals surface area contributed by atoms with Gasteiger partial charge in [0.25, 0.3) is 0 Å². The van der Waals surface area contributed by atoms with Crippen molar-refractivity contribution in [3.05, 3.63) is 54.6 Å². The molecule has 0 radical (unpaired) electrons. The van der Waals surface area contributed by atoms with E-state index in [-0.39, 0.29) is 5.75 Å². The molecule has 0 unspecified atom stereocenters. The van der Waals surface area contributed by atoms with Gasteiger partial charge >= 0.3 is 0 Å². The zero-order valence-electron chi connectivity index (χ0n) is 11.7. The van der Waals surface area contributed by atoms with Crippen LogP contribution in [0.1, 0.15) is 0 Å². The molecule has 22 heavy (non-hydrogen) atoms. The summed E-state index contributed by atoms with van der Waals surface area (Å²) in [5, 5.41) is 21.7. The van der Waals surface area contributed by atoms with Gasteiger partial charge in [0, 0.05) is 5.75 Å². The van der Waals surface area contributed by atoms with Gasteiger partial charge in [0.05, 0.1) is 12.3 Å². The highest BCUT2D eigenvalue weighted by Gasteiger charge is 2.08. The first-order valence-corrected chi connectivity index (χ1v) is 7.70. The molecule has 0 fully saturated rings. The number of phenolic OH excluding ortho intramolecular Hbond substituents is 1. The molecule has 0 aliphatic heterocycles. The summed E-state index contributed by atoms with van der Waals surface area (Å²) in [6, 6.07) is 16.4. The number of thioether (sulfide) groups is 1. The van der Waals surface area contributed by atoms with Crippen molar-refractivity contribution in [2.45, 2.75) is 5.16 Å². The van der Waals surface area contributed by atoms with Gasteiger partial charge in [-0.25, -0.2) is 0 Å². The normalized spacial score (nSPS) is 10.5. The van der Waals surface area contributed by atoms with Crippen LogP contribution in [-0.4, -0.2) is 37.7 Å². The van der Waals surface area contributed by atoms with Crippen LogP contribution in [0.5, 0.6) is 11.5 Å². The number of aromatic hydroxyl groups is 1. The number of tetrazole rings is 1. The first-order chi connectivity index (χ1) is 10.8. The van der Waals surface area contributed by atoms with Crippen LogP contribution in [0.2, 0.25) is 0 Å². The lowest BCUT2D eigenvalue weighted by molar-refractivity contribution is 0.344. The van der Waals surface area contributed by atoms with E-state index in [1.807, 2.05) is 30.3 Å². The number of para-hydroxylation sites is 1. The lowest BCUT2D eigenvalue weighted by Gasteiger charge is -2.06. The second-order valence-corrected chi connectivity index (χ2v) is 5.46. The van der Waals surface area contributed by atoms with Crippen molar-refractivity contribution in [2.75, 3.05) is 12.4 Å². The Hall–Kier alpha value is -2.54. The second-order valence-electron chi connectivity index (χ2n) is 4.40. The zero-order valence-corrected chi connectivity index (χ0v) is 12.5. The van der Waals surface area contributed by atoms with Crippen molar-refractivity contribution in [1.82, 2.24) is 20.2 Å². The maximum Gasteiger partial charge on any atom is 0.214 e. The quantitative estimate of drug-likeness (QED) is 0.557. The fourth-order valence-electron chi connectivity index (χ4n) is 1.83. The maximum absolute atomic E-state index is 9.32. The predicted octanol–water partition coefficient (Wildman–Crippen LogP) is 2.54. The Morgan fingerprint density at radius 3 is 2.59 bits per heavy atom. The summed E-state index contributed by atoms with van der Waals surface area (Å²) in [5.74, 6) is 1.79. The molecule has 6 nitrogen and oxygen atoms in total. The molecule has 0 amide bonds. The van der Waals surface area contributed by atoms with E-state index in [4.69, 9.17) is 4.74 Å². The second kappa shape index (κ2) is 6.95. The number of aromatic nitrogens is 4. The van der Waals surface area contributed by atoms with Gasteiger partial charge in [-0.05, 0) is 46.8 Å². The number of rotatable bonds is 6. The Bertz CT molecular complexity index is 716. The molecule has 0 aliphatic rings. The van der Waals surface area contributed by atoms with Crippen molar-refractivity contribution >= 4 is 11.8 Å². The smallest absolute Gasteiger partial charge is 0.214 e.